The first-order valence-corrected chi connectivity index (χ1v) is 6.35. The third kappa shape index (κ3) is 2.32. The van der Waals surface area contributed by atoms with Gasteiger partial charge in [0.15, 0.2) is 0 Å². The molecule has 0 aromatic carbocycles. The Balaban J connectivity index is 2.55. The quantitative estimate of drug-likeness (QED) is 0.857. The third-order valence-electron chi connectivity index (χ3n) is 2.59. The molecule has 0 amide bonds. The summed E-state index contributed by atoms with van der Waals surface area (Å²) < 4.78 is 0. The predicted octanol–water partition coefficient (Wildman–Crippen LogP) is 1.26. The van der Waals surface area contributed by atoms with Gasteiger partial charge in [0.25, 0.3) is 0 Å². The molecule has 5 nitrogen and oxygen atoms in total. The molecular weight excluding hydrogens is 236 g/mol. The smallest absolute Gasteiger partial charge is 0.223 e. The minimum atomic E-state index is 0.0900. The number of nitrogens with zero attached hydrogens (tertiary/aromatic N) is 3. The molecular formula is C11H16N4OS. The number of hydrogen-bond donors (Lipinski definition) is 2. The Labute approximate surface area is 104 Å². The first-order valence-electron chi connectivity index (χ1n) is 5.53. The summed E-state index contributed by atoms with van der Waals surface area (Å²) in [5.74, 6) is 1.07. The van der Waals surface area contributed by atoms with Crippen molar-refractivity contribution in [2.24, 2.45) is 0 Å². The van der Waals surface area contributed by atoms with Crippen LogP contribution in [0.4, 0.5) is 11.8 Å². The second-order valence-corrected chi connectivity index (χ2v) is 4.95. The van der Waals surface area contributed by atoms with Gasteiger partial charge in [0.05, 0.1) is 12.0 Å². The number of nitrogen functional groups attached to an aromatic ring is 1. The lowest BCUT2D eigenvalue weighted by molar-refractivity contribution is 0.304. The van der Waals surface area contributed by atoms with E-state index >= 15 is 0 Å². The number of rotatable bonds is 4. The zero-order valence-corrected chi connectivity index (χ0v) is 10.8. The molecule has 2 rings (SSSR count). The fourth-order valence-electron chi connectivity index (χ4n) is 1.69. The van der Waals surface area contributed by atoms with Crippen LogP contribution in [0.25, 0.3) is 10.2 Å². The lowest BCUT2D eigenvalue weighted by Gasteiger charge is -2.17. The summed E-state index contributed by atoms with van der Waals surface area (Å²) in [6.07, 6.45) is 0.976. The number of likely N-dealkylation sites (N-methyl/N-ethyl adjacent to an activating group) is 1. The Kier molecular flexibility index (Phi) is 3.44. The van der Waals surface area contributed by atoms with Crippen molar-refractivity contribution in [2.45, 2.75) is 13.3 Å². The number of aliphatic hydroxyl groups excluding tert-OH is 1. The van der Waals surface area contributed by atoms with Gasteiger partial charge in [-0.3, -0.25) is 0 Å². The number of aryl methyl sites for hydroxylation is 1. The summed E-state index contributed by atoms with van der Waals surface area (Å²) in [6, 6.07) is 2.10. The summed E-state index contributed by atoms with van der Waals surface area (Å²) in [7, 11) is 1.89. The van der Waals surface area contributed by atoms with Crippen LogP contribution in [0.2, 0.25) is 0 Å². The number of fused-ring (bicyclic) bond motifs is 1. The summed E-state index contributed by atoms with van der Waals surface area (Å²) in [6.45, 7) is 2.73. The first kappa shape index (κ1) is 12.1. The topological polar surface area (TPSA) is 75.3 Å². The van der Waals surface area contributed by atoms with E-state index in [-0.39, 0.29) is 12.6 Å². The van der Waals surface area contributed by atoms with Crippen LogP contribution in [-0.2, 0) is 6.42 Å². The van der Waals surface area contributed by atoms with Crippen LogP contribution in [0, 0.1) is 0 Å². The van der Waals surface area contributed by atoms with E-state index in [1.807, 2.05) is 11.9 Å². The lowest BCUT2D eigenvalue weighted by Crippen LogP contribution is -2.22. The van der Waals surface area contributed by atoms with Gasteiger partial charge < -0.3 is 15.7 Å². The zero-order chi connectivity index (χ0) is 12.4. The molecule has 0 aliphatic rings. The highest BCUT2D eigenvalue weighted by Gasteiger charge is 2.13. The number of thiophene rings is 1. The van der Waals surface area contributed by atoms with Crippen molar-refractivity contribution >= 4 is 33.3 Å². The normalized spacial score (nSPS) is 11.0. The molecule has 6 heteroatoms. The van der Waals surface area contributed by atoms with Gasteiger partial charge in [-0.05, 0) is 12.5 Å². The molecule has 3 N–H and O–H groups in total. The van der Waals surface area contributed by atoms with Gasteiger partial charge in [0.2, 0.25) is 5.95 Å². The molecule has 0 saturated carbocycles. The van der Waals surface area contributed by atoms with Crippen LogP contribution in [0.15, 0.2) is 6.07 Å². The maximum Gasteiger partial charge on any atom is 0.223 e. The lowest BCUT2D eigenvalue weighted by atomic mass is 10.3. The van der Waals surface area contributed by atoms with E-state index < -0.39 is 0 Å². The number of aliphatic hydroxyl groups is 1. The Morgan fingerprint density at radius 1 is 1.47 bits per heavy atom. The Bertz CT molecular complexity index is 525. The molecule has 2 aromatic heterocycles. The number of aromatic nitrogens is 2. The molecule has 0 saturated heterocycles. The number of hydrogen-bond acceptors (Lipinski definition) is 6. The SMILES string of the molecule is CCc1cc2c(N(C)CCO)nc(N)nc2s1. The third-order valence-corrected chi connectivity index (χ3v) is 3.76. The second-order valence-electron chi connectivity index (χ2n) is 3.84. The van der Waals surface area contributed by atoms with Crippen LogP contribution >= 0.6 is 11.3 Å². The molecule has 0 bridgehead atoms. The molecule has 2 aromatic rings. The zero-order valence-electron chi connectivity index (χ0n) is 9.97. The summed E-state index contributed by atoms with van der Waals surface area (Å²) >= 11 is 1.64. The van der Waals surface area contributed by atoms with Crippen molar-refractivity contribution < 1.29 is 5.11 Å². The van der Waals surface area contributed by atoms with E-state index in [0.29, 0.717) is 6.54 Å². The summed E-state index contributed by atoms with van der Waals surface area (Å²) in [5.41, 5.74) is 5.70. The van der Waals surface area contributed by atoms with Crippen molar-refractivity contribution in [2.75, 3.05) is 30.8 Å². The number of nitrogens with two attached hydrogens (primary N) is 1. The standard InChI is InChI=1S/C11H16N4OS/c1-3-7-6-8-9(15(2)4-5-16)13-11(12)14-10(8)17-7/h6,16H,3-5H2,1-2H3,(H2,12,13,14). The highest BCUT2D eigenvalue weighted by Crippen LogP contribution is 2.31. The molecule has 0 atom stereocenters. The fraction of sp³-hybridized carbons (Fsp3) is 0.455. The first-order chi connectivity index (χ1) is 8.15. The van der Waals surface area contributed by atoms with Crippen molar-refractivity contribution in [3.63, 3.8) is 0 Å². The van der Waals surface area contributed by atoms with E-state index in [2.05, 4.69) is 23.0 Å². The molecule has 2 heterocycles. The molecule has 92 valence electrons. The predicted molar refractivity (Wildman–Crippen MR) is 71.6 cm³/mol. The molecule has 0 aliphatic carbocycles. The summed E-state index contributed by atoms with van der Waals surface area (Å²) in [5, 5.41) is 9.99. The van der Waals surface area contributed by atoms with Gasteiger partial charge in [-0.15, -0.1) is 11.3 Å². The highest BCUT2D eigenvalue weighted by atomic mass is 32.1. The van der Waals surface area contributed by atoms with Crippen molar-refractivity contribution in [1.29, 1.82) is 0 Å². The average Bonchev–Trinajstić information content (AvgIpc) is 2.70. The van der Waals surface area contributed by atoms with Crippen LogP contribution in [0.3, 0.4) is 0 Å². The van der Waals surface area contributed by atoms with Gasteiger partial charge in [-0.1, -0.05) is 6.92 Å². The monoisotopic (exact) mass is 252 g/mol. The van der Waals surface area contributed by atoms with E-state index in [4.69, 9.17) is 10.8 Å². The van der Waals surface area contributed by atoms with Gasteiger partial charge in [0.1, 0.15) is 10.6 Å². The van der Waals surface area contributed by atoms with Gasteiger partial charge >= 0.3 is 0 Å². The van der Waals surface area contributed by atoms with Crippen LogP contribution in [0.1, 0.15) is 11.8 Å². The molecule has 0 unspecified atom stereocenters. The maximum atomic E-state index is 8.98. The average molecular weight is 252 g/mol. The molecule has 0 radical (unpaired) electrons. The minimum absolute atomic E-state index is 0.0900. The van der Waals surface area contributed by atoms with Crippen LogP contribution < -0.4 is 10.6 Å². The minimum Gasteiger partial charge on any atom is -0.395 e. The molecule has 0 aliphatic heterocycles. The van der Waals surface area contributed by atoms with Crippen molar-refractivity contribution in [3.05, 3.63) is 10.9 Å². The van der Waals surface area contributed by atoms with Crippen molar-refractivity contribution in [3.8, 4) is 0 Å². The molecule has 0 spiro atoms. The van der Waals surface area contributed by atoms with Gasteiger partial charge in [-0.2, -0.15) is 4.98 Å². The van der Waals surface area contributed by atoms with E-state index in [0.717, 1.165) is 22.5 Å². The largest absolute Gasteiger partial charge is 0.395 e. The highest BCUT2D eigenvalue weighted by molar-refractivity contribution is 7.18. The van der Waals surface area contributed by atoms with Gasteiger partial charge in [0, 0.05) is 18.5 Å². The van der Waals surface area contributed by atoms with Crippen LogP contribution in [-0.4, -0.2) is 35.3 Å². The van der Waals surface area contributed by atoms with E-state index in [1.54, 1.807) is 11.3 Å². The Morgan fingerprint density at radius 2 is 2.24 bits per heavy atom. The maximum absolute atomic E-state index is 8.98. The number of anilines is 2. The Morgan fingerprint density at radius 3 is 2.88 bits per heavy atom. The van der Waals surface area contributed by atoms with Crippen LogP contribution in [0.5, 0.6) is 0 Å². The second kappa shape index (κ2) is 4.85. The summed E-state index contributed by atoms with van der Waals surface area (Å²) in [4.78, 5) is 12.6. The van der Waals surface area contributed by atoms with Gasteiger partial charge in [-0.25, -0.2) is 4.98 Å². The molecule has 17 heavy (non-hydrogen) atoms. The fourth-order valence-corrected chi connectivity index (χ4v) is 2.66. The van der Waals surface area contributed by atoms with Crippen molar-refractivity contribution in [1.82, 2.24) is 9.97 Å². The Hall–Kier alpha value is -1.40. The van der Waals surface area contributed by atoms with E-state index in [9.17, 15) is 0 Å². The van der Waals surface area contributed by atoms with E-state index in [1.165, 1.54) is 4.88 Å². The molecule has 0 fully saturated rings.